The zero-order valence-corrected chi connectivity index (χ0v) is 11.6. The van der Waals surface area contributed by atoms with Crippen molar-refractivity contribution in [2.45, 2.75) is 38.9 Å². The molecule has 18 heavy (non-hydrogen) atoms. The van der Waals surface area contributed by atoms with Crippen LogP contribution < -0.4 is 5.73 Å². The number of hydrogen-bond acceptors (Lipinski definition) is 4. The van der Waals surface area contributed by atoms with Gasteiger partial charge in [0, 0.05) is 24.7 Å². The molecule has 1 aliphatic rings. The summed E-state index contributed by atoms with van der Waals surface area (Å²) in [4.78, 5) is 4.92. The zero-order valence-electron chi connectivity index (χ0n) is 11.6. The second-order valence-electron chi connectivity index (χ2n) is 5.25. The Bertz CT molecular complexity index is 364. The van der Waals surface area contributed by atoms with Crippen LogP contribution in [0.3, 0.4) is 0 Å². The number of likely N-dealkylation sites (tertiary alicyclic amines) is 1. The van der Waals surface area contributed by atoms with Crippen molar-refractivity contribution in [3.05, 3.63) is 23.7 Å². The van der Waals surface area contributed by atoms with E-state index in [4.69, 9.17) is 10.2 Å². The Labute approximate surface area is 110 Å². The summed E-state index contributed by atoms with van der Waals surface area (Å²) in [6.07, 6.45) is 4.42. The molecule has 1 aromatic rings. The van der Waals surface area contributed by atoms with Crippen LogP contribution in [-0.4, -0.2) is 42.5 Å². The van der Waals surface area contributed by atoms with Crippen molar-refractivity contribution in [1.82, 2.24) is 9.80 Å². The quantitative estimate of drug-likeness (QED) is 0.835. The lowest BCUT2D eigenvalue weighted by Crippen LogP contribution is -2.38. The van der Waals surface area contributed by atoms with Gasteiger partial charge >= 0.3 is 0 Å². The zero-order chi connectivity index (χ0) is 13.0. The van der Waals surface area contributed by atoms with Gasteiger partial charge in [-0.25, -0.2) is 0 Å². The first-order chi connectivity index (χ1) is 8.72. The van der Waals surface area contributed by atoms with Crippen LogP contribution in [0.4, 0.5) is 0 Å². The Hall–Kier alpha value is -0.840. The van der Waals surface area contributed by atoms with Gasteiger partial charge in [-0.05, 0) is 39.0 Å². The number of hydrogen-bond donors (Lipinski definition) is 1. The number of rotatable bonds is 6. The van der Waals surface area contributed by atoms with E-state index in [1.165, 1.54) is 19.4 Å². The molecule has 0 radical (unpaired) electrons. The Morgan fingerprint density at radius 3 is 3.06 bits per heavy atom. The van der Waals surface area contributed by atoms with Gasteiger partial charge in [0.25, 0.3) is 0 Å². The van der Waals surface area contributed by atoms with Gasteiger partial charge in [0.15, 0.2) is 0 Å². The fraction of sp³-hybridized carbons (Fsp3) is 0.714. The molecule has 0 aliphatic carbocycles. The largest absolute Gasteiger partial charge is 0.468 e. The third kappa shape index (κ3) is 3.34. The van der Waals surface area contributed by atoms with E-state index in [0.29, 0.717) is 12.6 Å². The molecule has 102 valence electrons. The molecule has 1 saturated heterocycles. The molecule has 1 fully saturated rings. The summed E-state index contributed by atoms with van der Waals surface area (Å²) >= 11 is 0. The van der Waals surface area contributed by atoms with Crippen molar-refractivity contribution in [1.29, 1.82) is 0 Å². The highest BCUT2D eigenvalue weighted by atomic mass is 16.3. The maximum atomic E-state index is 5.58. The monoisotopic (exact) mass is 251 g/mol. The molecule has 2 heterocycles. The van der Waals surface area contributed by atoms with E-state index in [-0.39, 0.29) is 0 Å². The number of likely N-dealkylation sites (N-methyl/N-ethyl adjacent to an activating group) is 2. The second-order valence-corrected chi connectivity index (χ2v) is 5.25. The van der Waals surface area contributed by atoms with Crippen LogP contribution in [0.15, 0.2) is 16.7 Å². The van der Waals surface area contributed by atoms with E-state index in [9.17, 15) is 0 Å². The van der Waals surface area contributed by atoms with Gasteiger partial charge in [-0.2, -0.15) is 0 Å². The molecule has 0 aromatic carbocycles. The van der Waals surface area contributed by atoms with Crippen LogP contribution >= 0.6 is 0 Å². The smallest absolute Gasteiger partial charge is 0.118 e. The van der Waals surface area contributed by atoms with E-state index in [1.807, 2.05) is 0 Å². The predicted molar refractivity (Wildman–Crippen MR) is 73.2 cm³/mol. The Morgan fingerprint density at radius 1 is 1.56 bits per heavy atom. The molecule has 2 rings (SSSR count). The summed E-state index contributed by atoms with van der Waals surface area (Å²) in [6.45, 7) is 7.21. The number of furan rings is 1. The number of nitrogens with two attached hydrogens (primary N) is 1. The Kier molecular flexibility index (Phi) is 4.80. The van der Waals surface area contributed by atoms with Gasteiger partial charge in [0.1, 0.15) is 5.76 Å². The minimum absolute atomic E-state index is 0.555. The third-order valence-electron chi connectivity index (χ3n) is 3.80. The Morgan fingerprint density at radius 2 is 2.39 bits per heavy atom. The van der Waals surface area contributed by atoms with Gasteiger partial charge < -0.3 is 10.2 Å². The van der Waals surface area contributed by atoms with Crippen LogP contribution in [0.25, 0.3) is 0 Å². The van der Waals surface area contributed by atoms with Crippen molar-refractivity contribution >= 4 is 0 Å². The first kappa shape index (κ1) is 13.6. The molecule has 0 bridgehead atoms. The molecule has 4 heteroatoms. The minimum atomic E-state index is 0.555. The molecule has 1 aliphatic heterocycles. The topological polar surface area (TPSA) is 45.6 Å². The molecular formula is C14H25N3O. The standard InChI is InChI=1S/C14H25N3O/c1-3-17-6-4-5-13(17)9-16(2)10-14-7-12(8-15)11-18-14/h7,11,13H,3-6,8-10,15H2,1-2H3. The second kappa shape index (κ2) is 6.36. The highest BCUT2D eigenvalue weighted by molar-refractivity contribution is 5.12. The first-order valence-electron chi connectivity index (χ1n) is 6.92. The molecular weight excluding hydrogens is 226 g/mol. The fourth-order valence-electron chi connectivity index (χ4n) is 2.82. The highest BCUT2D eigenvalue weighted by Gasteiger charge is 2.24. The summed E-state index contributed by atoms with van der Waals surface area (Å²) in [6, 6.07) is 2.77. The van der Waals surface area contributed by atoms with E-state index in [1.54, 1.807) is 6.26 Å². The molecule has 0 spiro atoms. The maximum Gasteiger partial charge on any atom is 0.118 e. The molecule has 0 saturated carbocycles. The van der Waals surface area contributed by atoms with Crippen molar-refractivity contribution in [2.75, 3.05) is 26.7 Å². The van der Waals surface area contributed by atoms with E-state index in [0.717, 1.165) is 31.0 Å². The average Bonchev–Trinajstić information content (AvgIpc) is 2.97. The van der Waals surface area contributed by atoms with Crippen molar-refractivity contribution in [2.24, 2.45) is 5.73 Å². The van der Waals surface area contributed by atoms with Crippen molar-refractivity contribution < 1.29 is 4.42 Å². The molecule has 1 atom stereocenters. The predicted octanol–water partition coefficient (Wildman–Crippen LogP) is 1.65. The van der Waals surface area contributed by atoms with Crippen molar-refractivity contribution in [3.63, 3.8) is 0 Å². The van der Waals surface area contributed by atoms with Gasteiger partial charge in [-0.1, -0.05) is 6.92 Å². The first-order valence-corrected chi connectivity index (χ1v) is 6.92. The summed E-state index contributed by atoms with van der Waals surface area (Å²) < 4.78 is 5.51. The van der Waals surface area contributed by atoms with Gasteiger partial charge in [0.05, 0.1) is 12.8 Å². The van der Waals surface area contributed by atoms with Gasteiger partial charge in [0.2, 0.25) is 0 Å². The summed E-state index contributed by atoms with van der Waals surface area (Å²) in [5.74, 6) is 1.01. The molecule has 2 N–H and O–H groups in total. The highest BCUT2D eigenvalue weighted by Crippen LogP contribution is 2.18. The lowest BCUT2D eigenvalue weighted by molar-refractivity contribution is 0.187. The lowest BCUT2D eigenvalue weighted by Gasteiger charge is -2.27. The molecule has 4 nitrogen and oxygen atoms in total. The normalized spacial score (nSPS) is 21.0. The van der Waals surface area contributed by atoms with Crippen LogP contribution in [0.5, 0.6) is 0 Å². The van der Waals surface area contributed by atoms with Crippen molar-refractivity contribution in [3.8, 4) is 0 Å². The Balaban J connectivity index is 1.82. The number of nitrogens with zero attached hydrogens (tertiary/aromatic N) is 2. The summed E-state index contributed by atoms with van der Waals surface area (Å²) in [5.41, 5.74) is 6.66. The van der Waals surface area contributed by atoms with E-state index >= 15 is 0 Å². The lowest BCUT2D eigenvalue weighted by atomic mass is 10.2. The summed E-state index contributed by atoms with van der Waals surface area (Å²) in [7, 11) is 2.16. The molecule has 1 aromatic heterocycles. The third-order valence-corrected chi connectivity index (χ3v) is 3.80. The van der Waals surface area contributed by atoms with Crippen LogP contribution in [0.1, 0.15) is 31.1 Å². The average molecular weight is 251 g/mol. The van der Waals surface area contributed by atoms with Crippen LogP contribution in [0, 0.1) is 0 Å². The van der Waals surface area contributed by atoms with Crippen LogP contribution in [-0.2, 0) is 13.1 Å². The maximum absolute atomic E-state index is 5.58. The van der Waals surface area contributed by atoms with Gasteiger partial charge in [-0.15, -0.1) is 0 Å². The fourth-order valence-corrected chi connectivity index (χ4v) is 2.82. The van der Waals surface area contributed by atoms with Gasteiger partial charge in [-0.3, -0.25) is 9.80 Å². The van der Waals surface area contributed by atoms with E-state index < -0.39 is 0 Å². The van der Waals surface area contributed by atoms with E-state index in [2.05, 4.69) is 29.8 Å². The molecule has 1 unspecified atom stereocenters. The molecule has 0 amide bonds. The summed E-state index contributed by atoms with van der Waals surface area (Å²) in [5, 5.41) is 0. The SMILES string of the molecule is CCN1CCCC1CN(C)Cc1cc(CN)co1. The van der Waals surface area contributed by atoms with Crippen LogP contribution in [0.2, 0.25) is 0 Å². The minimum Gasteiger partial charge on any atom is -0.468 e.